The van der Waals surface area contributed by atoms with E-state index in [-0.39, 0.29) is 11.4 Å². The zero-order chi connectivity index (χ0) is 22.7. The Morgan fingerprint density at radius 3 is 2.75 bits per heavy atom. The van der Waals surface area contributed by atoms with Gasteiger partial charge >= 0.3 is 0 Å². The highest BCUT2D eigenvalue weighted by molar-refractivity contribution is 8.18. The van der Waals surface area contributed by atoms with Crippen molar-refractivity contribution in [1.29, 1.82) is 5.26 Å². The van der Waals surface area contributed by atoms with Gasteiger partial charge in [0, 0.05) is 17.3 Å². The SMILES string of the molecule is Cc1cccc(NC(=O)CN2C(=O)S/C(=C\c3ccc(-c4ccccc4C#N)o3)C2=O)c1. The van der Waals surface area contributed by atoms with Gasteiger partial charge in [-0.2, -0.15) is 5.26 Å². The van der Waals surface area contributed by atoms with E-state index in [9.17, 15) is 19.6 Å². The van der Waals surface area contributed by atoms with Gasteiger partial charge in [-0.3, -0.25) is 19.3 Å². The van der Waals surface area contributed by atoms with Crippen molar-refractivity contribution in [2.24, 2.45) is 0 Å². The van der Waals surface area contributed by atoms with Crippen LogP contribution in [-0.4, -0.2) is 28.5 Å². The second kappa shape index (κ2) is 8.96. The highest BCUT2D eigenvalue weighted by atomic mass is 32.2. The lowest BCUT2D eigenvalue weighted by molar-refractivity contribution is -0.127. The van der Waals surface area contributed by atoms with E-state index in [1.807, 2.05) is 13.0 Å². The van der Waals surface area contributed by atoms with Crippen molar-refractivity contribution in [2.75, 3.05) is 11.9 Å². The van der Waals surface area contributed by atoms with Crippen molar-refractivity contribution in [3.63, 3.8) is 0 Å². The molecule has 0 radical (unpaired) electrons. The van der Waals surface area contributed by atoms with Gasteiger partial charge in [-0.15, -0.1) is 0 Å². The van der Waals surface area contributed by atoms with Crippen LogP contribution in [0.15, 0.2) is 70.0 Å². The number of thioether (sulfide) groups is 1. The van der Waals surface area contributed by atoms with E-state index in [2.05, 4.69) is 11.4 Å². The first-order valence-corrected chi connectivity index (χ1v) is 10.5. The van der Waals surface area contributed by atoms with Crippen LogP contribution in [0.5, 0.6) is 0 Å². The van der Waals surface area contributed by atoms with Gasteiger partial charge in [0.05, 0.1) is 16.5 Å². The molecule has 0 aliphatic carbocycles. The maximum Gasteiger partial charge on any atom is 0.294 e. The minimum Gasteiger partial charge on any atom is -0.457 e. The van der Waals surface area contributed by atoms with Gasteiger partial charge < -0.3 is 9.73 Å². The molecule has 0 atom stereocenters. The first-order valence-electron chi connectivity index (χ1n) is 9.66. The number of nitrogens with one attached hydrogen (secondary N) is 1. The molecule has 0 saturated carbocycles. The molecule has 1 saturated heterocycles. The second-order valence-electron chi connectivity index (χ2n) is 7.04. The Morgan fingerprint density at radius 1 is 1.16 bits per heavy atom. The summed E-state index contributed by atoms with van der Waals surface area (Å²) < 4.78 is 5.76. The summed E-state index contributed by atoms with van der Waals surface area (Å²) in [5.41, 5.74) is 2.68. The summed E-state index contributed by atoms with van der Waals surface area (Å²) in [5.74, 6) is -0.185. The molecule has 1 aliphatic heterocycles. The van der Waals surface area contributed by atoms with E-state index in [0.717, 1.165) is 22.2 Å². The standard InChI is InChI=1S/C24H17N3O4S/c1-15-5-4-7-17(11-15)26-22(28)14-27-23(29)21(32-24(27)30)12-18-9-10-20(31-18)19-8-3-2-6-16(19)13-25/h2-12H,14H2,1H3,(H,26,28)/b21-12-. The number of carbonyl (C=O) groups is 3. The molecule has 3 aromatic rings. The van der Waals surface area contributed by atoms with Gasteiger partial charge in [0.25, 0.3) is 11.1 Å². The van der Waals surface area contributed by atoms with E-state index in [0.29, 0.717) is 28.3 Å². The Hall–Kier alpha value is -4.09. The van der Waals surface area contributed by atoms with Crippen LogP contribution in [0.4, 0.5) is 10.5 Å². The molecule has 2 aromatic carbocycles. The number of nitrogens with zero attached hydrogens (tertiary/aromatic N) is 2. The van der Waals surface area contributed by atoms with Gasteiger partial charge in [0.1, 0.15) is 18.1 Å². The van der Waals surface area contributed by atoms with Crippen LogP contribution < -0.4 is 5.32 Å². The number of hydrogen-bond acceptors (Lipinski definition) is 6. The Labute approximate surface area is 188 Å². The van der Waals surface area contributed by atoms with Crippen molar-refractivity contribution >= 4 is 40.6 Å². The van der Waals surface area contributed by atoms with Gasteiger partial charge in [0.2, 0.25) is 5.91 Å². The van der Waals surface area contributed by atoms with Crippen LogP contribution in [0.2, 0.25) is 0 Å². The van der Waals surface area contributed by atoms with Crippen molar-refractivity contribution in [2.45, 2.75) is 6.92 Å². The van der Waals surface area contributed by atoms with E-state index in [1.54, 1.807) is 54.6 Å². The van der Waals surface area contributed by atoms with Gasteiger partial charge in [-0.25, -0.2) is 0 Å². The number of anilines is 1. The van der Waals surface area contributed by atoms with Crippen LogP contribution in [-0.2, 0) is 9.59 Å². The highest BCUT2D eigenvalue weighted by Crippen LogP contribution is 2.33. The average molecular weight is 443 g/mol. The first kappa shape index (κ1) is 21.2. The lowest BCUT2D eigenvalue weighted by Crippen LogP contribution is -2.36. The molecule has 8 heteroatoms. The fraction of sp³-hybridized carbons (Fsp3) is 0.0833. The molecule has 7 nitrogen and oxygen atoms in total. The van der Waals surface area contributed by atoms with Gasteiger partial charge in [0.15, 0.2) is 0 Å². The lowest BCUT2D eigenvalue weighted by atomic mass is 10.1. The zero-order valence-corrected chi connectivity index (χ0v) is 17.8. The highest BCUT2D eigenvalue weighted by Gasteiger charge is 2.36. The number of furan rings is 1. The predicted octanol–water partition coefficient (Wildman–Crippen LogP) is 4.80. The van der Waals surface area contributed by atoms with E-state index in [4.69, 9.17) is 4.42 Å². The van der Waals surface area contributed by atoms with E-state index < -0.39 is 17.1 Å². The molecule has 32 heavy (non-hydrogen) atoms. The molecule has 1 N–H and O–H groups in total. The van der Waals surface area contributed by atoms with E-state index >= 15 is 0 Å². The Bertz CT molecular complexity index is 1300. The number of carbonyl (C=O) groups excluding carboxylic acids is 3. The maximum atomic E-state index is 12.7. The van der Waals surface area contributed by atoms with Gasteiger partial charge in [-0.05, 0) is 60.6 Å². The zero-order valence-electron chi connectivity index (χ0n) is 17.0. The average Bonchev–Trinajstić information content (AvgIpc) is 3.34. The van der Waals surface area contributed by atoms with Crippen molar-refractivity contribution < 1.29 is 18.8 Å². The van der Waals surface area contributed by atoms with Crippen LogP contribution in [0.1, 0.15) is 16.9 Å². The number of hydrogen-bond donors (Lipinski definition) is 1. The molecule has 158 valence electrons. The topological polar surface area (TPSA) is 103 Å². The molecule has 0 spiro atoms. The van der Waals surface area contributed by atoms with Crippen LogP contribution in [0, 0.1) is 18.3 Å². The normalized spacial score (nSPS) is 14.6. The summed E-state index contributed by atoms with van der Waals surface area (Å²) in [5, 5.41) is 11.4. The number of aryl methyl sites for hydroxylation is 1. The molecule has 1 fully saturated rings. The molecule has 3 amide bonds. The number of nitriles is 1. The summed E-state index contributed by atoms with van der Waals surface area (Å²) in [4.78, 5) is 38.4. The number of imide groups is 1. The third kappa shape index (κ3) is 4.48. The molecule has 0 unspecified atom stereocenters. The molecule has 0 bridgehead atoms. The summed E-state index contributed by atoms with van der Waals surface area (Å²) in [6.45, 7) is 1.52. The van der Waals surface area contributed by atoms with Gasteiger partial charge in [-0.1, -0.05) is 24.3 Å². The minimum atomic E-state index is -0.560. The summed E-state index contributed by atoms with van der Waals surface area (Å²) >= 11 is 0.746. The fourth-order valence-electron chi connectivity index (χ4n) is 3.20. The molecule has 1 aliphatic rings. The minimum absolute atomic E-state index is 0.160. The quantitative estimate of drug-likeness (QED) is 0.568. The maximum absolute atomic E-state index is 12.7. The second-order valence-corrected chi connectivity index (χ2v) is 8.04. The Balaban J connectivity index is 1.47. The van der Waals surface area contributed by atoms with Crippen LogP contribution in [0.3, 0.4) is 0 Å². The third-order valence-corrected chi connectivity index (χ3v) is 5.60. The van der Waals surface area contributed by atoms with Crippen molar-refractivity contribution in [3.05, 3.63) is 82.5 Å². The monoisotopic (exact) mass is 443 g/mol. The fourth-order valence-corrected chi connectivity index (χ4v) is 4.02. The Morgan fingerprint density at radius 2 is 1.97 bits per heavy atom. The smallest absolute Gasteiger partial charge is 0.294 e. The van der Waals surface area contributed by atoms with Crippen LogP contribution >= 0.6 is 11.8 Å². The number of amides is 3. The number of rotatable bonds is 5. The summed E-state index contributed by atoms with van der Waals surface area (Å²) in [7, 11) is 0. The number of benzene rings is 2. The van der Waals surface area contributed by atoms with Crippen molar-refractivity contribution in [1.82, 2.24) is 4.90 Å². The largest absolute Gasteiger partial charge is 0.457 e. The third-order valence-electron chi connectivity index (χ3n) is 4.69. The van der Waals surface area contributed by atoms with Crippen molar-refractivity contribution in [3.8, 4) is 17.4 Å². The molecule has 4 rings (SSSR count). The molecular weight excluding hydrogens is 426 g/mol. The van der Waals surface area contributed by atoms with E-state index in [1.165, 1.54) is 6.08 Å². The summed E-state index contributed by atoms with van der Waals surface area (Å²) in [6, 6.07) is 19.7. The Kier molecular flexibility index (Phi) is 5.92. The first-order chi connectivity index (χ1) is 15.4. The molecular formula is C24H17N3O4S. The predicted molar refractivity (Wildman–Crippen MR) is 121 cm³/mol. The molecule has 1 aromatic heterocycles. The lowest BCUT2D eigenvalue weighted by Gasteiger charge is -2.12. The molecule has 2 heterocycles. The summed E-state index contributed by atoms with van der Waals surface area (Å²) in [6.07, 6.45) is 1.46. The van der Waals surface area contributed by atoms with Crippen LogP contribution in [0.25, 0.3) is 17.4 Å².